The Balaban J connectivity index is 1.67. The molecule has 1 aromatic heterocycles. The minimum absolute atomic E-state index is 0.0227. The van der Waals surface area contributed by atoms with E-state index in [1.165, 1.54) is 0 Å². The molecule has 0 radical (unpaired) electrons. The fourth-order valence-electron chi connectivity index (χ4n) is 3.90. The number of benzene rings is 1. The monoisotopic (exact) mass is 489 g/mol. The van der Waals surface area contributed by atoms with Crippen molar-refractivity contribution >= 4 is 29.3 Å². The Morgan fingerprint density at radius 2 is 2.06 bits per heavy atom. The number of aromatic amines is 1. The molecule has 3 N–H and O–H groups in total. The van der Waals surface area contributed by atoms with E-state index in [-0.39, 0.29) is 36.9 Å². The van der Waals surface area contributed by atoms with E-state index in [9.17, 15) is 14.4 Å². The highest BCUT2D eigenvalue weighted by atomic mass is 35.5. The summed E-state index contributed by atoms with van der Waals surface area (Å²) in [5.74, 6) is -0.211. The number of H-pyrrole nitrogens is 1. The molecule has 1 aliphatic heterocycles. The van der Waals surface area contributed by atoms with Crippen molar-refractivity contribution in [3.05, 3.63) is 45.7 Å². The number of hydrogen-bond acceptors (Lipinski definition) is 5. The zero-order chi connectivity index (χ0) is 24.7. The summed E-state index contributed by atoms with van der Waals surface area (Å²) in [5, 5.41) is 13.3. The van der Waals surface area contributed by atoms with E-state index >= 15 is 0 Å². The smallest absolute Gasteiger partial charge is 0.255 e. The number of fused-ring (bicyclic) bond motifs is 1. The first-order valence-electron chi connectivity index (χ1n) is 11.5. The van der Waals surface area contributed by atoms with Gasteiger partial charge in [-0.15, -0.1) is 0 Å². The largest absolute Gasteiger partial charge is 0.491 e. The van der Waals surface area contributed by atoms with Gasteiger partial charge in [0.25, 0.3) is 5.91 Å². The van der Waals surface area contributed by atoms with Gasteiger partial charge in [0, 0.05) is 30.2 Å². The van der Waals surface area contributed by atoms with Gasteiger partial charge in [0.2, 0.25) is 11.8 Å². The molecule has 9 nitrogen and oxygen atoms in total. The second-order valence-corrected chi connectivity index (χ2v) is 9.05. The van der Waals surface area contributed by atoms with E-state index in [1.807, 2.05) is 20.8 Å². The molecule has 10 heteroatoms. The summed E-state index contributed by atoms with van der Waals surface area (Å²) >= 11 is 6.07. The molecule has 0 spiro atoms. The first-order valence-corrected chi connectivity index (χ1v) is 11.9. The first kappa shape index (κ1) is 25.6. The van der Waals surface area contributed by atoms with Crippen molar-refractivity contribution in [1.82, 2.24) is 25.7 Å². The molecule has 2 aromatic rings. The lowest BCUT2D eigenvalue weighted by atomic mass is 10.1. The van der Waals surface area contributed by atoms with Gasteiger partial charge in [-0.05, 0) is 63.8 Å². The van der Waals surface area contributed by atoms with Gasteiger partial charge in [-0.1, -0.05) is 11.6 Å². The maximum Gasteiger partial charge on any atom is 0.255 e. The van der Waals surface area contributed by atoms with Crippen molar-refractivity contribution in [3.63, 3.8) is 0 Å². The van der Waals surface area contributed by atoms with Crippen LogP contribution in [0.2, 0.25) is 5.02 Å². The van der Waals surface area contributed by atoms with Crippen LogP contribution < -0.4 is 15.4 Å². The van der Waals surface area contributed by atoms with Crippen LogP contribution in [0.1, 0.15) is 53.5 Å². The number of aryl methyl sites for hydroxylation is 2. The Bertz CT molecular complexity index is 1020. The third kappa shape index (κ3) is 6.96. The average molecular weight is 490 g/mol. The fourth-order valence-corrected chi connectivity index (χ4v) is 4.08. The summed E-state index contributed by atoms with van der Waals surface area (Å²) < 4.78 is 5.80. The topological polar surface area (TPSA) is 116 Å². The van der Waals surface area contributed by atoms with Crippen LogP contribution in [0.4, 0.5) is 0 Å². The number of nitrogens with zero attached hydrogens (tertiary/aromatic N) is 2. The predicted octanol–water partition coefficient (Wildman–Crippen LogP) is 2.55. The van der Waals surface area contributed by atoms with E-state index in [2.05, 4.69) is 20.8 Å². The van der Waals surface area contributed by atoms with Gasteiger partial charge in [0.15, 0.2) is 0 Å². The molecular formula is C24H32ClN5O4. The Labute approximate surface area is 204 Å². The molecule has 0 unspecified atom stereocenters. The Hall–Kier alpha value is -3.07. The van der Waals surface area contributed by atoms with Gasteiger partial charge >= 0.3 is 0 Å². The number of carbonyl (C=O) groups is 3. The lowest BCUT2D eigenvalue weighted by molar-refractivity contribution is -0.136. The van der Waals surface area contributed by atoms with Crippen LogP contribution in [-0.2, 0) is 16.0 Å². The molecule has 3 rings (SSSR count). The van der Waals surface area contributed by atoms with Crippen LogP contribution in [0.3, 0.4) is 0 Å². The molecule has 1 aliphatic rings. The van der Waals surface area contributed by atoms with Crippen molar-refractivity contribution in [1.29, 1.82) is 0 Å². The van der Waals surface area contributed by atoms with Crippen LogP contribution >= 0.6 is 11.6 Å². The SMILES string of the molecule is Cc1n[nH]c(C)c1CCC(=O)N1CCCCNC(=O)c2cc(Cl)ccc2OC[C@@H](C)NC(=O)C1. The van der Waals surface area contributed by atoms with E-state index in [0.717, 1.165) is 17.0 Å². The van der Waals surface area contributed by atoms with Crippen molar-refractivity contribution in [2.45, 2.75) is 52.5 Å². The van der Waals surface area contributed by atoms with Gasteiger partial charge in [-0.25, -0.2) is 0 Å². The lowest BCUT2D eigenvalue weighted by Gasteiger charge is -2.23. The maximum atomic E-state index is 13.0. The molecule has 2 heterocycles. The number of hydrogen-bond donors (Lipinski definition) is 3. The van der Waals surface area contributed by atoms with Crippen molar-refractivity contribution in [2.24, 2.45) is 0 Å². The van der Waals surface area contributed by atoms with Crippen LogP contribution in [0.15, 0.2) is 18.2 Å². The van der Waals surface area contributed by atoms with E-state index in [1.54, 1.807) is 23.1 Å². The molecule has 0 aliphatic carbocycles. The number of nitrogens with one attached hydrogen (secondary N) is 3. The Morgan fingerprint density at radius 3 is 2.79 bits per heavy atom. The van der Waals surface area contributed by atoms with Gasteiger partial charge in [0.05, 0.1) is 23.8 Å². The molecule has 0 saturated heterocycles. The lowest BCUT2D eigenvalue weighted by Crippen LogP contribution is -2.45. The number of halogens is 1. The predicted molar refractivity (Wildman–Crippen MR) is 129 cm³/mol. The normalized spacial score (nSPS) is 18.1. The third-order valence-electron chi connectivity index (χ3n) is 5.78. The Morgan fingerprint density at radius 1 is 1.26 bits per heavy atom. The molecule has 34 heavy (non-hydrogen) atoms. The first-order chi connectivity index (χ1) is 16.2. The number of carbonyl (C=O) groups excluding carboxylic acids is 3. The van der Waals surface area contributed by atoms with Crippen molar-refractivity contribution in [3.8, 4) is 5.75 Å². The molecule has 1 atom stereocenters. The molecule has 0 fully saturated rings. The van der Waals surface area contributed by atoms with E-state index < -0.39 is 0 Å². The third-order valence-corrected chi connectivity index (χ3v) is 6.01. The summed E-state index contributed by atoms with van der Waals surface area (Å²) in [4.78, 5) is 39.9. The summed E-state index contributed by atoms with van der Waals surface area (Å²) in [5.41, 5.74) is 3.21. The highest BCUT2D eigenvalue weighted by Gasteiger charge is 2.21. The number of rotatable bonds is 3. The zero-order valence-electron chi connectivity index (χ0n) is 19.9. The van der Waals surface area contributed by atoms with E-state index in [4.69, 9.17) is 16.3 Å². The summed E-state index contributed by atoms with van der Waals surface area (Å²) in [6, 6.07) is 4.55. The molecule has 0 bridgehead atoms. The van der Waals surface area contributed by atoms with Crippen LogP contribution in [0, 0.1) is 13.8 Å². The Kier molecular flexibility index (Phi) is 8.92. The standard InChI is InChI=1S/C24H32ClN5O4/c1-15-14-34-21-8-6-18(25)12-20(21)24(33)26-10-4-5-11-30(13-22(31)27-15)23(32)9-7-19-16(2)28-29-17(19)3/h6,8,12,15H,4-5,7,9-11,13-14H2,1-3H3,(H,26,33)(H,27,31)(H,28,29)/t15-/m1/s1. The molecular weight excluding hydrogens is 458 g/mol. The highest BCUT2D eigenvalue weighted by molar-refractivity contribution is 6.31. The summed E-state index contributed by atoms with van der Waals surface area (Å²) in [6.07, 6.45) is 2.16. The fraction of sp³-hybridized carbons (Fsp3) is 0.500. The second kappa shape index (κ2) is 11.9. The summed E-state index contributed by atoms with van der Waals surface area (Å²) in [6.45, 7) is 6.66. The van der Waals surface area contributed by atoms with Crippen LogP contribution in [-0.4, -0.2) is 65.1 Å². The minimum atomic E-state index is -0.322. The zero-order valence-corrected chi connectivity index (χ0v) is 20.6. The van der Waals surface area contributed by atoms with Crippen molar-refractivity contribution in [2.75, 3.05) is 26.2 Å². The molecule has 3 amide bonds. The molecule has 1 aromatic carbocycles. The van der Waals surface area contributed by atoms with Crippen LogP contribution in [0.5, 0.6) is 5.75 Å². The summed E-state index contributed by atoms with van der Waals surface area (Å²) in [7, 11) is 0. The molecule has 0 saturated carbocycles. The number of ether oxygens (including phenoxy) is 1. The second-order valence-electron chi connectivity index (χ2n) is 8.61. The average Bonchev–Trinajstić information content (AvgIpc) is 3.11. The van der Waals surface area contributed by atoms with Crippen molar-refractivity contribution < 1.29 is 19.1 Å². The highest BCUT2D eigenvalue weighted by Crippen LogP contribution is 2.23. The van der Waals surface area contributed by atoms with Gasteiger partial charge in [0.1, 0.15) is 12.4 Å². The number of aromatic nitrogens is 2. The minimum Gasteiger partial charge on any atom is -0.491 e. The quantitative estimate of drug-likeness (QED) is 0.612. The van der Waals surface area contributed by atoms with Gasteiger partial charge < -0.3 is 20.3 Å². The van der Waals surface area contributed by atoms with Gasteiger partial charge in [-0.3, -0.25) is 19.5 Å². The maximum absolute atomic E-state index is 13.0. The van der Waals surface area contributed by atoms with Crippen LogP contribution in [0.25, 0.3) is 0 Å². The van der Waals surface area contributed by atoms with E-state index in [0.29, 0.717) is 55.1 Å². The van der Waals surface area contributed by atoms with Gasteiger partial charge in [-0.2, -0.15) is 5.10 Å². The number of amides is 3. The molecule has 184 valence electrons.